The van der Waals surface area contributed by atoms with Crippen LogP contribution in [-0.4, -0.2) is 11.7 Å². The van der Waals surface area contributed by atoms with Crippen molar-refractivity contribution >= 4 is 0 Å². The Kier molecular flexibility index (Phi) is 10.9. The van der Waals surface area contributed by atoms with Gasteiger partial charge in [0.15, 0.2) is 0 Å². The summed E-state index contributed by atoms with van der Waals surface area (Å²) < 4.78 is 0. The molecule has 0 saturated carbocycles. The van der Waals surface area contributed by atoms with Crippen LogP contribution in [-0.2, 0) is 0 Å². The zero-order valence-electron chi connectivity index (χ0n) is 8.71. The van der Waals surface area contributed by atoms with Crippen molar-refractivity contribution in [3.05, 3.63) is 24.3 Å². The summed E-state index contributed by atoms with van der Waals surface area (Å²) in [4.78, 5) is 0. The average molecular weight is 182 g/mol. The molecule has 0 fully saturated rings. The highest BCUT2D eigenvalue weighted by Crippen LogP contribution is 2.02. The van der Waals surface area contributed by atoms with Gasteiger partial charge in [-0.05, 0) is 38.5 Å². The fraction of sp³-hybridized carbons (Fsp3) is 0.667. The Morgan fingerprint density at radius 3 is 1.92 bits per heavy atom. The second kappa shape index (κ2) is 11.4. The maximum Gasteiger partial charge on any atom is 0.0465 e. The van der Waals surface area contributed by atoms with Crippen LogP contribution in [0.1, 0.15) is 45.4 Å². The smallest absolute Gasteiger partial charge is 0.0465 e. The molecule has 0 rings (SSSR count). The van der Waals surface area contributed by atoms with E-state index in [1.807, 2.05) is 0 Å². The number of hydrogen-bond donors (Lipinski definition) is 1. The largest absolute Gasteiger partial charge is 0.396 e. The molecule has 1 N–H and O–H groups in total. The third-order valence-electron chi connectivity index (χ3n) is 1.86. The highest BCUT2D eigenvalue weighted by atomic mass is 16.2. The van der Waals surface area contributed by atoms with Crippen LogP contribution in [0.4, 0.5) is 0 Å². The van der Waals surface area contributed by atoms with Gasteiger partial charge in [-0.25, -0.2) is 0 Å². The molecule has 0 aromatic heterocycles. The summed E-state index contributed by atoms with van der Waals surface area (Å²) in [5.41, 5.74) is 0. The highest BCUT2D eigenvalue weighted by molar-refractivity contribution is 4.83. The number of aliphatic hydroxyl groups excluding tert-OH is 1. The minimum Gasteiger partial charge on any atom is -0.396 e. The van der Waals surface area contributed by atoms with Crippen molar-refractivity contribution in [3.8, 4) is 0 Å². The minimum atomic E-state index is 0.274. The van der Waals surface area contributed by atoms with Crippen LogP contribution in [0, 0.1) is 0 Å². The van der Waals surface area contributed by atoms with E-state index in [0.717, 1.165) is 19.3 Å². The van der Waals surface area contributed by atoms with Crippen molar-refractivity contribution in [2.75, 3.05) is 6.61 Å². The number of rotatable bonds is 8. The van der Waals surface area contributed by atoms with Crippen LogP contribution in [0.3, 0.4) is 0 Å². The first-order chi connectivity index (χ1) is 6.41. The summed E-state index contributed by atoms with van der Waals surface area (Å²) in [7, 11) is 0. The van der Waals surface area contributed by atoms with E-state index in [2.05, 4.69) is 31.2 Å². The molecule has 0 aliphatic rings. The predicted molar refractivity (Wildman–Crippen MR) is 58.7 cm³/mol. The standard InChI is InChI=1S/C12H22O/c1-2-3-4-5-6-7-8-9-10-11-12-13/h3-4,9-10,13H,2,5-8,11-12H2,1H3/b4-3-,10-9-. The fourth-order valence-electron chi connectivity index (χ4n) is 1.12. The van der Waals surface area contributed by atoms with Crippen LogP contribution in [0.2, 0.25) is 0 Å². The third-order valence-corrected chi connectivity index (χ3v) is 1.86. The van der Waals surface area contributed by atoms with Gasteiger partial charge in [0.25, 0.3) is 0 Å². The molecule has 0 atom stereocenters. The Labute approximate surface area is 82.2 Å². The van der Waals surface area contributed by atoms with Crippen LogP contribution in [0.15, 0.2) is 24.3 Å². The van der Waals surface area contributed by atoms with E-state index >= 15 is 0 Å². The Bertz CT molecular complexity index is 136. The van der Waals surface area contributed by atoms with Gasteiger partial charge in [0.2, 0.25) is 0 Å². The molecule has 0 amide bonds. The van der Waals surface area contributed by atoms with E-state index in [9.17, 15) is 0 Å². The van der Waals surface area contributed by atoms with Crippen LogP contribution in [0.5, 0.6) is 0 Å². The van der Waals surface area contributed by atoms with Crippen molar-refractivity contribution < 1.29 is 5.11 Å². The average Bonchev–Trinajstić information content (AvgIpc) is 2.16. The number of aliphatic hydroxyl groups is 1. The Morgan fingerprint density at radius 2 is 1.38 bits per heavy atom. The summed E-state index contributed by atoms with van der Waals surface area (Å²) in [6.07, 6.45) is 15.6. The van der Waals surface area contributed by atoms with Gasteiger partial charge in [-0.3, -0.25) is 0 Å². The van der Waals surface area contributed by atoms with Crippen LogP contribution < -0.4 is 0 Å². The molecule has 0 aromatic rings. The molecular weight excluding hydrogens is 160 g/mol. The highest BCUT2D eigenvalue weighted by Gasteiger charge is 1.82. The minimum absolute atomic E-state index is 0.274. The summed E-state index contributed by atoms with van der Waals surface area (Å²) in [6.45, 7) is 2.43. The topological polar surface area (TPSA) is 20.2 Å². The van der Waals surface area contributed by atoms with Gasteiger partial charge in [0.05, 0.1) is 0 Å². The van der Waals surface area contributed by atoms with Gasteiger partial charge in [-0.15, -0.1) is 0 Å². The molecule has 1 nitrogen and oxygen atoms in total. The summed E-state index contributed by atoms with van der Waals surface area (Å²) >= 11 is 0. The SMILES string of the molecule is CC/C=C\CCCC/C=C\CCO. The Morgan fingerprint density at radius 1 is 0.846 bits per heavy atom. The number of allylic oxidation sites excluding steroid dienone is 3. The molecule has 0 radical (unpaired) electrons. The molecule has 0 unspecified atom stereocenters. The molecule has 76 valence electrons. The van der Waals surface area contributed by atoms with Crippen molar-refractivity contribution in [1.82, 2.24) is 0 Å². The van der Waals surface area contributed by atoms with E-state index in [-0.39, 0.29) is 6.61 Å². The summed E-state index contributed by atoms with van der Waals surface area (Å²) in [5.74, 6) is 0. The van der Waals surface area contributed by atoms with Gasteiger partial charge >= 0.3 is 0 Å². The lowest BCUT2D eigenvalue weighted by molar-refractivity contribution is 0.302. The Balaban J connectivity index is 3.03. The lowest BCUT2D eigenvalue weighted by Gasteiger charge is -1.92. The molecule has 13 heavy (non-hydrogen) atoms. The summed E-state index contributed by atoms with van der Waals surface area (Å²) in [5, 5.41) is 8.51. The normalized spacial score (nSPS) is 11.8. The second-order valence-corrected chi connectivity index (χ2v) is 3.15. The molecule has 0 heterocycles. The maximum absolute atomic E-state index is 8.51. The number of hydrogen-bond acceptors (Lipinski definition) is 1. The predicted octanol–water partition coefficient (Wildman–Crippen LogP) is 3.45. The molecule has 0 aromatic carbocycles. The molecule has 0 aliphatic carbocycles. The van der Waals surface area contributed by atoms with Crippen molar-refractivity contribution in [1.29, 1.82) is 0 Å². The fourth-order valence-corrected chi connectivity index (χ4v) is 1.12. The molecule has 1 heteroatoms. The van der Waals surface area contributed by atoms with Gasteiger partial charge in [-0.1, -0.05) is 31.2 Å². The van der Waals surface area contributed by atoms with E-state index in [4.69, 9.17) is 5.11 Å². The van der Waals surface area contributed by atoms with E-state index in [1.165, 1.54) is 19.3 Å². The molecule has 0 spiro atoms. The van der Waals surface area contributed by atoms with Crippen molar-refractivity contribution in [2.45, 2.75) is 45.4 Å². The van der Waals surface area contributed by atoms with Gasteiger partial charge in [-0.2, -0.15) is 0 Å². The lowest BCUT2D eigenvalue weighted by Crippen LogP contribution is -1.76. The van der Waals surface area contributed by atoms with Gasteiger partial charge in [0, 0.05) is 6.61 Å². The summed E-state index contributed by atoms with van der Waals surface area (Å²) in [6, 6.07) is 0. The molecule has 0 bridgehead atoms. The van der Waals surface area contributed by atoms with E-state index in [1.54, 1.807) is 0 Å². The maximum atomic E-state index is 8.51. The number of unbranched alkanes of at least 4 members (excludes halogenated alkanes) is 3. The van der Waals surface area contributed by atoms with Gasteiger partial charge < -0.3 is 5.11 Å². The third kappa shape index (κ3) is 11.4. The first kappa shape index (κ1) is 12.4. The van der Waals surface area contributed by atoms with Gasteiger partial charge in [0.1, 0.15) is 0 Å². The molecule has 0 saturated heterocycles. The Hall–Kier alpha value is -0.560. The second-order valence-electron chi connectivity index (χ2n) is 3.15. The zero-order valence-corrected chi connectivity index (χ0v) is 8.71. The van der Waals surface area contributed by atoms with Crippen molar-refractivity contribution in [3.63, 3.8) is 0 Å². The first-order valence-electron chi connectivity index (χ1n) is 5.32. The zero-order chi connectivity index (χ0) is 9.78. The molecule has 0 aliphatic heterocycles. The first-order valence-corrected chi connectivity index (χ1v) is 5.32. The van der Waals surface area contributed by atoms with E-state index in [0.29, 0.717) is 0 Å². The monoisotopic (exact) mass is 182 g/mol. The molecular formula is C12H22O. The van der Waals surface area contributed by atoms with Crippen LogP contribution >= 0.6 is 0 Å². The lowest BCUT2D eigenvalue weighted by atomic mass is 10.1. The quantitative estimate of drug-likeness (QED) is 0.450. The van der Waals surface area contributed by atoms with E-state index < -0.39 is 0 Å². The van der Waals surface area contributed by atoms with Crippen molar-refractivity contribution in [2.24, 2.45) is 0 Å². The van der Waals surface area contributed by atoms with Crippen LogP contribution in [0.25, 0.3) is 0 Å².